The molecule has 2 N–H and O–H groups in total. The zero-order valence-electron chi connectivity index (χ0n) is 11.8. The van der Waals surface area contributed by atoms with Crippen LogP contribution in [0, 0.1) is 11.6 Å². The molecule has 0 saturated heterocycles. The van der Waals surface area contributed by atoms with Crippen LogP contribution in [0.4, 0.5) is 20.4 Å². The predicted octanol–water partition coefficient (Wildman–Crippen LogP) is 3.02. The highest BCUT2D eigenvalue weighted by atomic mass is 19.1. The molecule has 0 saturated carbocycles. The van der Waals surface area contributed by atoms with Gasteiger partial charge in [-0.2, -0.15) is 0 Å². The summed E-state index contributed by atoms with van der Waals surface area (Å²) in [5.74, 6) is -1.33. The Kier molecular flexibility index (Phi) is 5.47. The van der Waals surface area contributed by atoms with Crippen LogP contribution in [0.25, 0.3) is 0 Å². The molecule has 0 unspecified atom stereocenters. The lowest BCUT2D eigenvalue weighted by Crippen LogP contribution is -2.32. The molecule has 1 rings (SSSR count). The number of aromatic nitrogens is 1. The molecular formula is C13H21F2N3O. The van der Waals surface area contributed by atoms with Crippen molar-refractivity contribution in [2.75, 3.05) is 30.8 Å². The number of ether oxygens (including phenoxy) is 1. The Bertz CT molecular complexity index is 425. The van der Waals surface area contributed by atoms with Gasteiger partial charge >= 0.3 is 0 Å². The average Bonchev–Trinajstić information content (AvgIpc) is 2.36. The van der Waals surface area contributed by atoms with Crippen molar-refractivity contribution < 1.29 is 13.5 Å². The fraction of sp³-hybridized carbons (Fsp3) is 0.615. The fourth-order valence-corrected chi connectivity index (χ4v) is 1.33. The van der Waals surface area contributed by atoms with Crippen molar-refractivity contribution in [3.05, 3.63) is 17.7 Å². The highest BCUT2D eigenvalue weighted by Gasteiger charge is 2.18. The number of halogens is 2. The van der Waals surface area contributed by atoms with Crippen molar-refractivity contribution in [2.45, 2.75) is 32.8 Å². The Morgan fingerprint density at radius 1 is 1.21 bits per heavy atom. The molecule has 19 heavy (non-hydrogen) atoms. The van der Waals surface area contributed by atoms with Crippen LogP contribution in [0.15, 0.2) is 6.07 Å². The molecule has 0 aliphatic carbocycles. The van der Waals surface area contributed by atoms with Gasteiger partial charge in [0.25, 0.3) is 0 Å². The summed E-state index contributed by atoms with van der Waals surface area (Å²) in [5, 5.41) is 5.65. The number of rotatable bonds is 7. The molecule has 0 spiro atoms. The summed E-state index contributed by atoms with van der Waals surface area (Å²) in [6.07, 6.45) is 0.831. The molecule has 0 amide bonds. The van der Waals surface area contributed by atoms with E-state index in [2.05, 4.69) is 15.6 Å². The summed E-state index contributed by atoms with van der Waals surface area (Å²) in [4.78, 5) is 3.92. The van der Waals surface area contributed by atoms with Crippen molar-refractivity contribution in [1.82, 2.24) is 4.98 Å². The summed E-state index contributed by atoms with van der Waals surface area (Å²) in [6.45, 7) is 6.62. The SMILES string of the molecule is CCCNc1nc(NCC(C)(C)OC)c(F)cc1F. The number of pyridine rings is 1. The van der Waals surface area contributed by atoms with Crippen molar-refractivity contribution in [2.24, 2.45) is 0 Å². The molecule has 1 aromatic rings. The Balaban J connectivity index is 2.82. The first-order chi connectivity index (χ1) is 8.89. The molecular weight excluding hydrogens is 252 g/mol. The van der Waals surface area contributed by atoms with E-state index in [0.717, 1.165) is 12.5 Å². The van der Waals surface area contributed by atoms with E-state index in [0.29, 0.717) is 13.1 Å². The van der Waals surface area contributed by atoms with E-state index in [-0.39, 0.29) is 11.6 Å². The monoisotopic (exact) mass is 273 g/mol. The number of methoxy groups -OCH3 is 1. The van der Waals surface area contributed by atoms with Gasteiger partial charge in [0, 0.05) is 26.3 Å². The number of hydrogen-bond donors (Lipinski definition) is 2. The summed E-state index contributed by atoms with van der Waals surface area (Å²) < 4.78 is 32.3. The van der Waals surface area contributed by atoms with Crippen molar-refractivity contribution in [3.8, 4) is 0 Å². The summed E-state index contributed by atoms with van der Waals surface area (Å²) in [5.41, 5.74) is -0.459. The van der Waals surface area contributed by atoms with Gasteiger partial charge in [-0.05, 0) is 20.3 Å². The van der Waals surface area contributed by atoms with E-state index in [4.69, 9.17) is 4.74 Å². The van der Waals surface area contributed by atoms with E-state index in [1.807, 2.05) is 20.8 Å². The van der Waals surface area contributed by atoms with E-state index < -0.39 is 17.2 Å². The summed E-state index contributed by atoms with van der Waals surface area (Å²) in [7, 11) is 1.57. The molecule has 0 fully saturated rings. The van der Waals surface area contributed by atoms with E-state index >= 15 is 0 Å². The Morgan fingerprint density at radius 3 is 2.32 bits per heavy atom. The summed E-state index contributed by atoms with van der Waals surface area (Å²) >= 11 is 0. The molecule has 1 heterocycles. The van der Waals surface area contributed by atoms with Crippen LogP contribution in [0.2, 0.25) is 0 Å². The van der Waals surface area contributed by atoms with Gasteiger partial charge in [0.2, 0.25) is 0 Å². The first-order valence-corrected chi connectivity index (χ1v) is 6.28. The van der Waals surface area contributed by atoms with Crippen LogP contribution < -0.4 is 10.6 Å². The number of nitrogens with one attached hydrogen (secondary N) is 2. The molecule has 0 bridgehead atoms. The van der Waals surface area contributed by atoms with Gasteiger partial charge in [0.05, 0.1) is 5.60 Å². The molecule has 1 aromatic heterocycles. The second kappa shape index (κ2) is 6.65. The van der Waals surface area contributed by atoms with E-state index in [1.165, 1.54) is 0 Å². The first-order valence-electron chi connectivity index (χ1n) is 6.28. The molecule has 0 aromatic carbocycles. The van der Waals surface area contributed by atoms with Crippen LogP contribution in [-0.4, -0.2) is 30.8 Å². The third-order valence-electron chi connectivity index (χ3n) is 2.71. The van der Waals surface area contributed by atoms with Crippen LogP contribution >= 0.6 is 0 Å². The molecule has 0 radical (unpaired) electrons. The average molecular weight is 273 g/mol. The van der Waals surface area contributed by atoms with Crippen molar-refractivity contribution in [3.63, 3.8) is 0 Å². The molecule has 0 aliphatic heterocycles. The van der Waals surface area contributed by atoms with Crippen LogP contribution in [0.1, 0.15) is 27.2 Å². The predicted molar refractivity (Wildman–Crippen MR) is 72.5 cm³/mol. The van der Waals surface area contributed by atoms with Gasteiger partial charge in [-0.1, -0.05) is 6.92 Å². The lowest BCUT2D eigenvalue weighted by atomic mass is 10.1. The van der Waals surface area contributed by atoms with Gasteiger partial charge in [-0.25, -0.2) is 13.8 Å². The fourth-order valence-electron chi connectivity index (χ4n) is 1.33. The third kappa shape index (κ3) is 4.63. The largest absolute Gasteiger partial charge is 0.377 e. The van der Waals surface area contributed by atoms with Gasteiger partial charge in [0.15, 0.2) is 23.3 Å². The third-order valence-corrected chi connectivity index (χ3v) is 2.71. The Labute approximate surface area is 112 Å². The van der Waals surface area contributed by atoms with Gasteiger partial charge < -0.3 is 15.4 Å². The molecule has 6 heteroatoms. The maximum Gasteiger partial charge on any atom is 0.168 e. The molecule has 0 atom stereocenters. The lowest BCUT2D eigenvalue weighted by molar-refractivity contribution is 0.0342. The smallest absolute Gasteiger partial charge is 0.168 e. The molecule has 108 valence electrons. The summed E-state index contributed by atoms with van der Waals surface area (Å²) in [6, 6.07) is 0.827. The highest BCUT2D eigenvalue weighted by molar-refractivity contribution is 5.47. The Hall–Kier alpha value is -1.43. The zero-order chi connectivity index (χ0) is 14.5. The van der Waals surface area contributed by atoms with E-state index in [1.54, 1.807) is 7.11 Å². The second-order valence-electron chi connectivity index (χ2n) is 4.89. The number of nitrogens with zero attached hydrogens (tertiary/aromatic N) is 1. The van der Waals surface area contributed by atoms with Gasteiger partial charge in [-0.15, -0.1) is 0 Å². The first kappa shape index (κ1) is 15.6. The minimum Gasteiger partial charge on any atom is -0.377 e. The maximum atomic E-state index is 13.6. The minimum absolute atomic E-state index is 0.0186. The number of anilines is 2. The van der Waals surface area contributed by atoms with Crippen molar-refractivity contribution in [1.29, 1.82) is 0 Å². The minimum atomic E-state index is -0.716. The molecule has 4 nitrogen and oxygen atoms in total. The van der Waals surface area contributed by atoms with Crippen LogP contribution in [0.3, 0.4) is 0 Å². The number of hydrogen-bond acceptors (Lipinski definition) is 4. The topological polar surface area (TPSA) is 46.2 Å². The molecule has 0 aliphatic rings. The zero-order valence-corrected chi connectivity index (χ0v) is 11.8. The van der Waals surface area contributed by atoms with Crippen LogP contribution in [0.5, 0.6) is 0 Å². The van der Waals surface area contributed by atoms with Crippen LogP contribution in [-0.2, 0) is 4.74 Å². The lowest BCUT2D eigenvalue weighted by Gasteiger charge is -2.23. The highest BCUT2D eigenvalue weighted by Crippen LogP contribution is 2.20. The van der Waals surface area contributed by atoms with Gasteiger partial charge in [0.1, 0.15) is 0 Å². The standard InChI is InChI=1S/C13H21F2N3O/c1-5-6-16-11-9(14)7-10(15)12(18-11)17-8-13(2,3)19-4/h7H,5-6,8H2,1-4H3,(H2,16,17,18). The second-order valence-corrected chi connectivity index (χ2v) is 4.89. The Morgan fingerprint density at radius 2 is 1.79 bits per heavy atom. The van der Waals surface area contributed by atoms with E-state index in [9.17, 15) is 8.78 Å². The van der Waals surface area contributed by atoms with Gasteiger partial charge in [-0.3, -0.25) is 0 Å². The normalized spacial score (nSPS) is 11.5. The quantitative estimate of drug-likeness (QED) is 0.801. The van der Waals surface area contributed by atoms with Crippen molar-refractivity contribution >= 4 is 11.6 Å². The maximum absolute atomic E-state index is 13.6.